The topological polar surface area (TPSA) is 71.4 Å². The third-order valence-corrected chi connectivity index (χ3v) is 4.44. The van der Waals surface area contributed by atoms with Gasteiger partial charge in [0.25, 0.3) is 0 Å². The van der Waals surface area contributed by atoms with E-state index >= 15 is 0 Å². The molecule has 1 aliphatic heterocycles. The van der Waals surface area contributed by atoms with Gasteiger partial charge in [-0.25, -0.2) is 4.79 Å². The molecule has 128 valence electrons. The molecule has 0 spiro atoms. The van der Waals surface area contributed by atoms with E-state index in [2.05, 4.69) is 11.4 Å². The normalized spacial score (nSPS) is 15.8. The summed E-state index contributed by atoms with van der Waals surface area (Å²) in [6, 6.07) is 19.0. The predicted octanol–water partition coefficient (Wildman–Crippen LogP) is 3.49. The standard InChI is InChI=1S/C20H20N2O3/c21-14-17-7-4-8-18(13-17)20(9-11-24-12-10-20)22-19(23)25-15-16-5-2-1-3-6-16/h1-8,13H,9-12,15H2,(H,22,23). The molecular formula is C20H20N2O3. The summed E-state index contributed by atoms with van der Waals surface area (Å²) >= 11 is 0. The fourth-order valence-electron chi connectivity index (χ4n) is 3.05. The Kier molecular flexibility index (Phi) is 5.32. The number of hydrogen-bond acceptors (Lipinski definition) is 4. The van der Waals surface area contributed by atoms with Crippen molar-refractivity contribution < 1.29 is 14.3 Å². The highest BCUT2D eigenvalue weighted by Crippen LogP contribution is 2.32. The number of hydrogen-bond donors (Lipinski definition) is 1. The Hall–Kier alpha value is -2.84. The molecule has 2 aromatic carbocycles. The lowest BCUT2D eigenvalue weighted by atomic mass is 9.82. The monoisotopic (exact) mass is 336 g/mol. The van der Waals surface area contributed by atoms with Crippen LogP contribution in [0.1, 0.15) is 29.5 Å². The minimum absolute atomic E-state index is 0.220. The van der Waals surface area contributed by atoms with Gasteiger partial charge < -0.3 is 14.8 Å². The van der Waals surface area contributed by atoms with Crippen LogP contribution < -0.4 is 5.32 Å². The zero-order chi connectivity index (χ0) is 17.5. The summed E-state index contributed by atoms with van der Waals surface area (Å²) in [5, 5.41) is 12.2. The zero-order valence-electron chi connectivity index (χ0n) is 13.9. The molecule has 1 fully saturated rings. The minimum atomic E-state index is -0.571. The molecule has 0 aromatic heterocycles. The van der Waals surface area contributed by atoms with Gasteiger partial charge in [-0.15, -0.1) is 0 Å². The Morgan fingerprint density at radius 1 is 1.16 bits per heavy atom. The molecule has 0 saturated carbocycles. The Labute approximate surface area is 147 Å². The van der Waals surface area contributed by atoms with E-state index in [1.54, 1.807) is 6.07 Å². The summed E-state index contributed by atoms with van der Waals surface area (Å²) in [4.78, 5) is 12.4. The summed E-state index contributed by atoms with van der Waals surface area (Å²) in [6.07, 6.45) is 0.818. The van der Waals surface area contributed by atoms with Crippen LogP contribution in [-0.2, 0) is 21.6 Å². The van der Waals surface area contributed by atoms with E-state index in [4.69, 9.17) is 14.7 Å². The molecule has 0 aliphatic carbocycles. The molecule has 1 amide bonds. The Bertz CT molecular complexity index is 762. The first kappa shape index (κ1) is 17.0. The quantitative estimate of drug-likeness (QED) is 0.928. The average Bonchev–Trinajstić information content (AvgIpc) is 2.68. The van der Waals surface area contributed by atoms with Crippen LogP contribution in [0.3, 0.4) is 0 Å². The highest BCUT2D eigenvalue weighted by molar-refractivity contribution is 5.69. The lowest BCUT2D eigenvalue weighted by molar-refractivity contribution is 0.0330. The van der Waals surface area contributed by atoms with E-state index in [0.717, 1.165) is 11.1 Å². The van der Waals surface area contributed by atoms with E-state index in [0.29, 0.717) is 31.6 Å². The minimum Gasteiger partial charge on any atom is -0.445 e. The van der Waals surface area contributed by atoms with E-state index in [9.17, 15) is 4.79 Å². The van der Waals surface area contributed by atoms with Crippen molar-refractivity contribution in [3.63, 3.8) is 0 Å². The number of carbonyl (C=O) groups is 1. The molecule has 0 unspecified atom stereocenters. The average molecular weight is 336 g/mol. The maximum atomic E-state index is 12.4. The van der Waals surface area contributed by atoms with Crippen molar-refractivity contribution in [3.8, 4) is 6.07 Å². The van der Waals surface area contributed by atoms with E-state index < -0.39 is 11.6 Å². The summed E-state index contributed by atoms with van der Waals surface area (Å²) in [5.41, 5.74) is 1.85. The van der Waals surface area contributed by atoms with E-state index in [1.165, 1.54) is 0 Å². The summed E-state index contributed by atoms with van der Waals surface area (Å²) < 4.78 is 10.8. The van der Waals surface area contributed by atoms with Crippen LogP contribution in [0.25, 0.3) is 0 Å². The smallest absolute Gasteiger partial charge is 0.408 e. The third kappa shape index (κ3) is 4.17. The van der Waals surface area contributed by atoms with Crippen molar-refractivity contribution >= 4 is 6.09 Å². The van der Waals surface area contributed by atoms with Crippen molar-refractivity contribution in [1.29, 1.82) is 5.26 Å². The molecule has 0 atom stereocenters. The second kappa shape index (κ2) is 7.82. The van der Waals surface area contributed by atoms with Gasteiger partial charge in [-0.1, -0.05) is 42.5 Å². The fraction of sp³-hybridized carbons (Fsp3) is 0.300. The molecule has 0 bridgehead atoms. The second-order valence-electron chi connectivity index (χ2n) is 6.07. The van der Waals surface area contributed by atoms with Crippen LogP contribution in [-0.4, -0.2) is 19.3 Å². The van der Waals surface area contributed by atoms with Crippen molar-refractivity contribution in [2.24, 2.45) is 0 Å². The summed E-state index contributed by atoms with van der Waals surface area (Å²) in [6.45, 7) is 1.32. The zero-order valence-corrected chi connectivity index (χ0v) is 13.9. The molecule has 1 saturated heterocycles. The van der Waals surface area contributed by atoms with Gasteiger partial charge in [0.15, 0.2) is 0 Å². The Morgan fingerprint density at radius 2 is 1.92 bits per heavy atom. The summed E-state index contributed by atoms with van der Waals surface area (Å²) in [7, 11) is 0. The number of ether oxygens (including phenoxy) is 2. The number of alkyl carbamates (subject to hydrolysis) is 1. The van der Waals surface area contributed by atoms with E-state index in [-0.39, 0.29) is 6.61 Å². The van der Waals surface area contributed by atoms with Crippen LogP contribution in [0.15, 0.2) is 54.6 Å². The third-order valence-electron chi connectivity index (χ3n) is 4.44. The molecule has 1 aliphatic rings. The van der Waals surface area contributed by atoms with E-state index in [1.807, 2.05) is 48.5 Å². The van der Waals surface area contributed by atoms with Gasteiger partial charge in [0, 0.05) is 13.2 Å². The van der Waals surface area contributed by atoms with Gasteiger partial charge in [-0.05, 0) is 36.1 Å². The number of rotatable bonds is 4. The molecule has 2 aromatic rings. The molecule has 5 nitrogen and oxygen atoms in total. The number of nitrogens with one attached hydrogen (secondary N) is 1. The number of benzene rings is 2. The Balaban J connectivity index is 1.74. The maximum absolute atomic E-state index is 12.4. The maximum Gasteiger partial charge on any atom is 0.408 e. The van der Waals surface area contributed by atoms with Gasteiger partial charge in [0.1, 0.15) is 6.61 Å². The number of nitrogens with zero attached hydrogens (tertiary/aromatic N) is 1. The van der Waals surface area contributed by atoms with Gasteiger partial charge in [-0.2, -0.15) is 5.26 Å². The highest BCUT2D eigenvalue weighted by atomic mass is 16.5. The van der Waals surface area contributed by atoms with Crippen molar-refractivity contribution in [2.45, 2.75) is 25.0 Å². The summed E-state index contributed by atoms with van der Waals surface area (Å²) in [5.74, 6) is 0. The highest BCUT2D eigenvalue weighted by Gasteiger charge is 2.36. The first-order valence-corrected chi connectivity index (χ1v) is 8.29. The molecule has 1 N–H and O–H groups in total. The van der Waals surface area contributed by atoms with Gasteiger partial charge in [-0.3, -0.25) is 0 Å². The second-order valence-corrected chi connectivity index (χ2v) is 6.07. The predicted molar refractivity (Wildman–Crippen MR) is 92.7 cm³/mol. The van der Waals surface area contributed by atoms with Crippen LogP contribution in [0.5, 0.6) is 0 Å². The fourth-order valence-corrected chi connectivity index (χ4v) is 3.05. The Morgan fingerprint density at radius 3 is 2.64 bits per heavy atom. The van der Waals surface area contributed by atoms with Crippen LogP contribution in [0.4, 0.5) is 4.79 Å². The van der Waals surface area contributed by atoms with Gasteiger partial charge >= 0.3 is 6.09 Å². The molecule has 5 heteroatoms. The van der Waals surface area contributed by atoms with Gasteiger partial charge in [0.2, 0.25) is 0 Å². The SMILES string of the molecule is N#Cc1cccc(C2(NC(=O)OCc3ccccc3)CCOCC2)c1. The molecule has 25 heavy (non-hydrogen) atoms. The number of amides is 1. The van der Waals surface area contributed by atoms with Crippen LogP contribution in [0, 0.1) is 11.3 Å². The van der Waals surface area contributed by atoms with Crippen molar-refractivity contribution in [2.75, 3.05) is 13.2 Å². The molecule has 0 radical (unpaired) electrons. The lowest BCUT2D eigenvalue weighted by Crippen LogP contribution is -2.49. The first-order valence-electron chi connectivity index (χ1n) is 8.29. The van der Waals surface area contributed by atoms with Crippen molar-refractivity contribution in [3.05, 3.63) is 71.3 Å². The molecule has 3 rings (SSSR count). The number of carbonyl (C=O) groups excluding carboxylic acids is 1. The van der Waals surface area contributed by atoms with Gasteiger partial charge in [0.05, 0.1) is 17.2 Å². The number of nitriles is 1. The molecular weight excluding hydrogens is 316 g/mol. The largest absolute Gasteiger partial charge is 0.445 e. The van der Waals surface area contributed by atoms with Crippen LogP contribution in [0.2, 0.25) is 0 Å². The lowest BCUT2D eigenvalue weighted by Gasteiger charge is -2.38. The first-order chi connectivity index (χ1) is 12.2. The van der Waals surface area contributed by atoms with Crippen LogP contribution >= 0.6 is 0 Å². The van der Waals surface area contributed by atoms with Crippen molar-refractivity contribution in [1.82, 2.24) is 5.32 Å². The molecule has 1 heterocycles.